The summed E-state index contributed by atoms with van der Waals surface area (Å²) in [6.07, 6.45) is 1.80. The van der Waals surface area contributed by atoms with Gasteiger partial charge in [-0.05, 0) is 56.9 Å². The lowest BCUT2D eigenvalue weighted by Gasteiger charge is -2.36. The molecule has 0 radical (unpaired) electrons. The van der Waals surface area contributed by atoms with Gasteiger partial charge in [0.05, 0.1) is 0 Å². The van der Waals surface area contributed by atoms with Gasteiger partial charge in [0.25, 0.3) is 5.91 Å². The van der Waals surface area contributed by atoms with Crippen molar-refractivity contribution in [2.45, 2.75) is 45.7 Å². The van der Waals surface area contributed by atoms with Gasteiger partial charge in [0, 0.05) is 24.2 Å². The second-order valence-corrected chi connectivity index (χ2v) is 5.43. The van der Waals surface area contributed by atoms with Gasteiger partial charge in [-0.3, -0.25) is 4.79 Å². The summed E-state index contributed by atoms with van der Waals surface area (Å²) in [7, 11) is 0. The van der Waals surface area contributed by atoms with Gasteiger partial charge in [-0.1, -0.05) is 6.07 Å². The zero-order valence-electron chi connectivity index (χ0n) is 11.4. The third kappa shape index (κ3) is 2.56. The summed E-state index contributed by atoms with van der Waals surface area (Å²) < 4.78 is 0. The van der Waals surface area contributed by atoms with E-state index in [4.69, 9.17) is 5.73 Å². The van der Waals surface area contributed by atoms with E-state index in [0.717, 1.165) is 24.9 Å². The first-order chi connectivity index (χ1) is 8.49. The van der Waals surface area contributed by atoms with Crippen LogP contribution in [0.5, 0.6) is 0 Å². The number of nitrogens with zero attached hydrogens (tertiary/aromatic N) is 1. The highest BCUT2D eigenvalue weighted by atomic mass is 16.2. The smallest absolute Gasteiger partial charge is 0.254 e. The predicted molar refractivity (Wildman–Crippen MR) is 73.6 cm³/mol. The van der Waals surface area contributed by atoms with Gasteiger partial charge in [0.1, 0.15) is 0 Å². The number of aryl methyl sites for hydroxylation is 2. The standard InChI is InChI=1S/C15H22N2O/c1-10-4-5-13(8-11(10)2)15(18)17-7-6-14(16)9-12(17)3/h4-5,8,12,14H,6-7,9,16H2,1-3H3/t12-,14+/m0/s1. The minimum absolute atomic E-state index is 0.137. The maximum Gasteiger partial charge on any atom is 0.254 e. The first-order valence-electron chi connectivity index (χ1n) is 6.63. The van der Waals surface area contributed by atoms with Crippen molar-refractivity contribution in [3.63, 3.8) is 0 Å². The Hall–Kier alpha value is -1.35. The Labute approximate surface area is 109 Å². The van der Waals surface area contributed by atoms with Gasteiger partial charge in [0.2, 0.25) is 0 Å². The number of piperidine rings is 1. The van der Waals surface area contributed by atoms with Crippen LogP contribution in [0.3, 0.4) is 0 Å². The molecular weight excluding hydrogens is 224 g/mol. The molecule has 0 aromatic heterocycles. The van der Waals surface area contributed by atoms with E-state index in [1.807, 2.05) is 30.0 Å². The lowest BCUT2D eigenvalue weighted by molar-refractivity contribution is 0.0619. The molecule has 1 heterocycles. The Morgan fingerprint density at radius 2 is 2.06 bits per heavy atom. The van der Waals surface area contributed by atoms with Crippen molar-refractivity contribution in [1.82, 2.24) is 4.90 Å². The highest BCUT2D eigenvalue weighted by molar-refractivity contribution is 5.94. The molecule has 1 aliphatic rings. The monoisotopic (exact) mass is 246 g/mol. The molecule has 0 bridgehead atoms. The van der Waals surface area contributed by atoms with Crippen LogP contribution in [0.2, 0.25) is 0 Å². The summed E-state index contributed by atoms with van der Waals surface area (Å²) in [5.74, 6) is 0.137. The molecule has 1 aromatic carbocycles. The maximum atomic E-state index is 12.5. The third-order valence-corrected chi connectivity index (χ3v) is 3.93. The molecule has 3 heteroatoms. The van der Waals surface area contributed by atoms with Gasteiger partial charge in [-0.2, -0.15) is 0 Å². The Morgan fingerprint density at radius 1 is 1.33 bits per heavy atom. The first-order valence-corrected chi connectivity index (χ1v) is 6.63. The van der Waals surface area contributed by atoms with Crippen molar-refractivity contribution >= 4 is 5.91 Å². The fourth-order valence-electron chi connectivity index (χ4n) is 2.55. The normalized spacial score (nSPS) is 24.1. The minimum Gasteiger partial charge on any atom is -0.336 e. The van der Waals surface area contributed by atoms with Crippen molar-refractivity contribution < 1.29 is 4.79 Å². The van der Waals surface area contributed by atoms with Crippen molar-refractivity contribution in [1.29, 1.82) is 0 Å². The summed E-state index contributed by atoms with van der Waals surface area (Å²) in [4.78, 5) is 14.4. The van der Waals surface area contributed by atoms with E-state index < -0.39 is 0 Å². The van der Waals surface area contributed by atoms with Crippen molar-refractivity contribution in [2.24, 2.45) is 5.73 Å². The Kier molecular flexibility index (Phi) is 3.71. The van der Waals surface area contributed by atoms with Crippen LogP contribution in [0.1, 0.15) is 41.3 Å². The SMILES string of the molecule is Cc1ccc(C(=O)N2CC[C@@H](N)C[C@@H]2C)cc1C. The van der Waals surface area contributed by atoms with Crippen LogP contribution in [0.15, 0.2) is 18.2 Å². The molecule has 1 saturated heterocycles. The molecule has 98 valence electrons. The second kappa shape index (κ2) is 5.11. The molecule has 0 aliphatic carbocycles. The lowest BCUT2D eigenvalue weighted by atomic mass is 9.97. The van der Waals surface area contributed by atoms with E-state index in [-0.39, 0.29) is 18.0 Å². The van der Waals surface area contributed by atoms with Gasteiger partial charge in [-0.25, -0.2) is 0 Å². The molecule has 2 N–H and O–H groups in total. The van der Waals surface area contributed by atoms with E-state index in [1.165, 1.54) is 11.1 Å². The van der Waals surface area contributed by atoms with E-state index in [2.05, 4.69) is 13.8 Å². The van der Waals surface area contributed by atoms with Gasteiger partial charge >= 0.3 is 0 Å². The highest BCUT2D eigenvalue weighted by Crippen LogP contribution is 2.20. The summed E-state index contributed by atoms with van der Waals surface area (Å²) in [6, 6.07) is 6.40. The fraction of sp³-hybridized carbons (Fsp3) is 0.533. The molecule has 0 spiro atoms. The molecule has 1 aliphatic heterocycles. The zero-order chi connectivity index (χ0) is 13.3. The Bertz CT molecular complexity index is 456. The minimum atomic E-state index is 0.137. The number of nitrogens with two attached hydrogens (primary N) is 1. The summed E-state index contributed by atoms with van der Waals surface area (Å²) in [5.41, 5.74) is 9.12. The number of carbonyl (C=O) groups is 1. The van der Waals surface area contributed by atoms with Crippen LogP contribution in [0.4, 0.5) is 0 Å². The van der Waals surface area contributed by atoms with E-state index in [1.54, 1.807) is 0 Å². The summed E-state index contributed by atoms with van der Waals surface area (Å²) in [5, 5.41) is 0. The maximum absolute atomic E-state index is 12.5. The second-order valence-electron chi connectivity index (χ2n) is 5.43. The first kappa shape index (κ1) is 13.1. The largest absolute Gasteiger partial charge is 0.336 e. The number of likely N-dealkylation sites (tertiary alicyclic amines) is 1. The number of rotatable bonds is 1. The van der Waals surface area contributed by atoms with Gasteiger partial charge in [0.15, 0.2) is 0 Å². The molecule has 18 heavy (non-hydrogen) atoms. The van der Waals surface area contributed by atoms with Crippen LogP contribution < -0.4 is 5.73 Å². The lowest BCUT2D eigenvalue weighted by Crippen LogP contribution is -2.48. The molecule has 0 unspecified atom stereocenters. The average Bonchev–Trinajstić information content (AvgIpc) is 2.32. The summed E-state index contributed by atoms with van der Waals surface area (Å²) >= 11 is 0. The summed E-state index contributed by atoms with van der Waals surface area (Å²) in [6.45, 7) is 6.96. The van der Waals surface area contributed by atoms with E-state index in [0.29, 0.717) is 0 Å². The van der Waals surface area contributed by atoms with Crippen molar-refractivity contribution in [3.05, 3.63) is 34.9 Å². The average molecular weight is 246 g/mol. The number of amides is 1. The molecule has 3 nitrogen and oxygen atoms in total. The zero-order valence-corrected chi connectivity index (χ0v) is 11.4. The van der Waals surface area contributed by atoms with Crippen LogP contribution in [0.25, 0.3) is 0 Å². The van der Waals surface area contributed by atoms with E-state index >= 15 is 0 Å². The molecule has 2 rings (SSSR count). The van der Waals surface area contributed by atoms with E-state index in [9.17, 15) is 4.79 Å². The quantitative estimate of drug-likeness (QED) is 0.826. The molecule has 2 atom stereocenters. The predicted octanol–water partition coefficient (Wildman–Crippen LogP) is 2.26. The topological polar surface area (TPSA) is 46.3 Å². The van der Waals surface area contributed by atoms with Gasteiger partial charge in [-0.15, -0.1) is 0 Å². The van der Waals surface area contributed by atoms with Gasteiger partial charge < -0.3 is 10.6 Å². The molecule has 1 fully saturated rings. The Morgan fingerprint density at radius 3 is 2.67 bits per heavy atom. The molecule has 0 saturated carbocycles. The van der Waals surface area contributed by atoms with Crippen molar-refractivity contribution in [2.75, 3.05) is 6.54 Å². The number of benzene rings is 1. The fourth-order valence-corrected chi connectivity index (χ4v) is 2.55. The highest BCUT2D eigenvalue weighted by Gasteiger charge is 2.27. The van der Waals surface area contributed by atoms with Crippen LogP contribution in [-0.2, 0) is 0 Å². The van der Waals surface area contributed by atoms with Crippen LogP contribution in [-0.4, -0.2) is 29.4 Å². The molecule has 1 aromatic rings. The number of carbonyl (C=O) groups excluding carboxylic acids is 1. The van der Waals surface area contributed by atoms with Crippen LogP contribution >= 0.6 is 0 Å². The molecular formula is C15H22N2O. The number of hydrogen-bond acceptors (Lipinski definition) is 2. The van der Waals surface area contributed by atoms with Crippen molar-refractivity contribution in [3.8, 4) is 0 Å². The third-order valence-electron chi connectivity index (χ3n) is 3.93. The Balaban J connectivity index is 2.18. The van der Waals surface area contributed by atoms with Crippen LogP contribution in [0, 0.1) is 13.8 Å². The molecule has 1 amide bonds. The number of hydrogen-bond donors (Lipinski definition) is 1.